The van der Waals surface area contributed by atoms with Gasteiger partial charge in [0.1, 0.15) is 0 Å². The van der Waals surface area contributed by atoms with Crippen LogP contribution >= 0.6 is 12.2 Å². The van der Waals surface area contributed by atoms with E-state index in [9.17, 15) is 0 Å². The predicted molar refractivity (Wildman–Crippen MR) is 72.8 cm³/mol. The molecular weight excluding hydrogens is 230 g/mol. The van der Waals surface area contributed by atoms with Crippen molar-refractivity contribution in [2.24, 2.45) is 11.8 Å². The zero-order chi connectivity index (χ0) is 11.7. The standard InChI is InChI=1S/C13H17N3S/c17-13(15-11-2-1-5-14-8-11)16-12-7-9-3-4-10(12)6-9/h1-2,5,8-10,12H,3-4,6-7H2,(H2,15,16,17)/t9-,10-,12-/m1/s1. The van der Waals surface area contributed by atoms with Gasteiger partial charge in [0.25, 0.3) is 0 Å². The lowest BCUT2D eigenvalue weighted by Crippen LogP contribution is -2.40. The van der Waals surface area contributed by atoms with Gasteiger partial charge < -0.3 is 10.6 Å². The summed E-state index contributed by atoms with van der Waals surface area (Å²) in [6.45, 7) is 0. The van der Waals surface area contributed by atoms with Crippen molar-refractivity contribution < 1.29 is 0 Å². The summed E-state index contributed by atoms with van der Waals surface area (Å²) in [5, 5.41) is 7.37. The van der Waals surface area contributed by atoms with E-state index in [1.54, 1.807) is 12.4 Å². The van der Waals surface area contributed by atoms with Crippen molar-refractivity contribution in [3.63, 3.8) is 0 Å². The van der Waals surface area contributed by atoms with E-state index >= 15 is 0 Å². The van der Waals surface area contributed by atoms with E-state index in [1.807, 2.05) is 12.1 Å². The molecule has 0 aromatic carbocycles. The van der Waals surface area contributed by atoms with E-state index < -0.39 is 0 Å². The molecule has 1 aromatic heterocycles. The highest BCUT2D eigenvalue weighted by Gasteiger charge is 2.39. The molecule has 17 heavy (non-hydrogen) atoms. The molecule has 1 aromatic rings. The van der Waals surface area contributed by atoms with Crippen LogP contribution < -0.4 is 10.6 Å². The minimum atomic E-state index is 0.588. The molecule has 90 valence electrons. The molecule has 4 heteroatoms. The SMILES string of the molecule is S=C(Nc1cccnc1)N[C@@H]1C[C@@H]2CC[C@@H]1C2. The largest absolute Gasteiger partial charge is 0.359 e. The van der Waals surface area contributed by atoms with Gasteiger partial charge in [-0.1, -0.05) is 6.42 Å². The molecule has 3 rings (SSSR count). The maximum Gasteiger partial charge on any atom is 0.171 e. The normalized spacial score (nSPS) is 30.2. The van der Waals surface area contributed by atoms with Crippen LogP contribution in [0.2, 0.25) is 0 Å². The van der Waals surface area contributed by atoms with Crippen LogP contribution in [0.15, 0.2) is 24.5 Å². The van der Waals surface area contributed by atoms with Crippen LogP contribution in [0.5, 0.6) is 0 Å². The van der Waals surface area contributed by atoms with Crippen molar-refractivity contribution in [2.75, 3.05) is 5.32 Å². The zero-order valence-electron chi connectivity index (χ0n) is 9.73. The first-order valence-corrected chi connectivity index (χ1v) is 6.69. The number of nitrogens with one attached hydrogen (secondary N) is 2. The fourth-order valence-electron chi connectivity index (χ4n) is 3.19. The Balaban J connectivity index is 1.54. The fourth-order valence-corrected chi connectivity index (χ4v) is 3.46. The second-order valence-electron chi connectivity index (χ2n) is 5.12. The Hall–Kier alpha value is -1.16. The van der Waals surface area contributed by atoms with Crippen molar-refractivity contribution in [2.45, 2.75) is 31.7 Å². The van der Waals surface area contributed by atoms with E-state index in [0.717, 1.165) is 22.6 Å². The zero-order valence-corrected chi connectivity index (χ0v) is 10.5. The van der Waals surface area contributed by atoms with E-state index in [4.69, 9.17) is 12.2 Å². The monoisotopic (exact) mass is 247 g/mol. The fraction of sp³-hybridized carbons (Fsp3) is 0.538. The molecule has 2 N–H and O–H groups in total. The number of anilines is 1. The van der Waals surface area contributed by atoms with Crippen LogP contribution in [0.3, 0.4) is 0 Å². The van der Waals surface area contributed by atoms with Crippen molar-refractivity contribution in [3.05, 3.63) is 24.5 Å². The van der Waals surface area contributed by atoms with E-state index in [1.165, 1.54) is 25.7 Å². The highest BCUT2D eigenvalue weighted by atomic mass is 32.1. The molecule has 0 spiro atoms. The summed E-state index contributed by atoms with van der Waals surface area (Å²) < 4.78 is 0. The van der Waals surface area contributed by atoms with Gasteiger partial charge in [0.15, 0.2) is 5.11 Å². The second kappa shape index (κ2) is 4.61. The Kier molecular flexibility index (Phi) is 2.97. The van der Waals surface area contributed by atoms with Gasteiger partial charge in [0.2, 0.25) is 0 Å². The number of hydrogen-bond donors (Lipinski definition) is 2. The summed E-state index contributed by atoms with van der Waals surface area (Å²) in [6, 6.07) is 4.47. The number of thiocarbonyl (C=S) groups is 1. The molecule has 0 radical (unpaired) electrons. The minimum absolute atomic E-state index is 0.588. The van der Waals surface area contributed by atoms with Gasteiger partial charge in [0, 0.05) is 12.2 Å². The van der Waals surface area contributed by atoms with Crippen LogP contribution in [0, 0.1) is 11.8 Å². The summed E-state index contributed by atoms with van der Waals surface area (Å²) in [5.41, 5.74) is 0.952. The molecule has 0 amide bonds. The van der Waals surface area contributed by atoms with Crippen LogP contribution in [-0.4, -0.2) is 16.1 Å². The van der Waals surface area contributed by atoms with Crippen LogP contribution in [0.1, 0.15) is 25.7 Å². The van der Waals surface area contributed by atoms with Crippen molar-refractivity contribution >= 4 is 23.0 Å². The van der Waals surface area contributed by atoms with Crippen LogP contribution in [-0.2, 0) is 0 Å². The number of fused-ring (bicyclic) bond motifs is 2. The number of nitrogens with zero attached hydrogens (tertiary/aromatic N) is 1. The van der Waals surface area contributed by atoms with E-state index in [0.29, 0.717) is 6.04 Å². The van der Waals surface area contributed by atoms with Gasteiger partial charge in [-0.25, -0.2) is 0 Å². The molecule has 3 nitrogen and oxygen atoms in total. The summed E-state index contributed by atoms with van der Waals surface area (Å²) in [7, 11) is 0. The summed E-state index contributed by atoms with van der Waals surface area (Å²) in [4.78, 5) is 4.06. The predicted octanol–water partition coefficient (Wildman–Crippen LogP) is 2.56. The van der Waals surface area contributed by atoms with Crippen molar-refractivity contribution in [1.29, 1.82) is 0 Å². The van der Waals surface area contributed by atoms with Gasteiger partial charge in [-0.2, -0.15) is 0 Å². The third-order valence-electron chi connectivity index (χ3n) is 3.97. The first kappa shape index (κ1) is 11.0. The molecule has 3 atom stereocenters. The molecule has 2 aliphatic rings. The Bertz CT molecular complexity index is 406. The van der Waals surface area contributed by atoms with Crippen molar-refractivity contribution in [3.8, 4) is 0 Å². The Labute approximate surface area is 107 Å². The number of rotatable bonds is 2. The highest BCUT2D eigenvalue weighted by Crippen LogP contribution is 2.44. The average Bonchev–Trinajstić information content (AvgIpc) is 2.92. The summed E-state index contributed by atoms with van der Waals surface area (Å²) in [5.74, 6) is 1.78. The van der Waals surface area contributed by atoms with Gasteiger partial charge in [-0.3, -0.25) is 4.98 Å². The lowest BCUT2D eigenvalue weighted by Gasteiger charge is -2.24. The first-order chi connectivity index (χ1) is 8.31. The van der Waals surface area contributed by atoms with Crippen LogP contribution in [0.4, 0.5) is 5.69 Å². The highest BCUT2D eigenvalue weighted by molar-refractivity contribution is 7.80. The van der Waals surface area contributed by atoms with Gasteiger partial charge in [-0.15, -0.1) is 0 Å². The maximum atomic E-state index is 5.34. The van der Waals surface area contributed by atoms with Crippen molar-refractivity contribution in [1.82, 2.24) is 10.3 Å². The molecule has 0 saturated heterocycles. The third kappa shape index (κ3) is 2.41. The lowest BCUT2D eigenvalue weighted by atomic mass is 9.96. The number of pyridine rings is 1. The topological polar surface area (TPSA) is 37.0 Å². The smallest absolute Gasteiger partial charge is 0.171 e. The molecule has 1 heterocycles. The lowest BCUT2D eigenvalue weighted by molar-refractivity contribution is 0.392. The summed E-state index contributed by atoms with van der Waals surface area (Å²) in [6.07, 6.45) is 9.03. The van der Waals surface area contributed by atoms with Crippen LogP contribution in [0.25, 0.3) is 0 Å². The first-order valence-electron chi connectivity index (χ1n) is 6.29. The molecular formula is C13H17N3S. The van der Waals surface area contributed by atoms with Gasteiger partial charge in [0.05, 0.1) is 11.9 Å². The molecule has 2 fully saturated rings. The Morgan fingerprint density at radius 1 is 1.35 bits per heavy atom. The quantitative estimate of drug-likeness (QED) is 0.788. The Morgan fingerprint density at radius 3 is 2.94 bits per heavy atom. The third-order valence-corrected chi connectivity index (χ3v) is 4.19. The Morgan fingerprint density at radius 2 is 2.29 bits per heavy atom. The molecule has 2 bridgehead atoms. The number of hydrogen-bond acceptors (Lipinski definition) is 2. The minimum Gasteiger partial charge on any atom is -0.359 e. The van der Waals surface area contributed by atoms with E-state index in [2.05, 4.69) is 15.6 Å². The molecule has 2 saturated carbocycles. The van der Waals surface area contributed by atoms with Gasteiger partial charge >= 0.3 is 0 Å². The maximum absolute atomic E-state index is 5.34. The molecule has 0 aliphatic heterocycles. The van der Waals surface area contributed by atoms with E-state index in [-0.39, 0.29) is 0 Å². The average molecular weight is 247 g/mol. The second-order valence-corrected chi connectivity index (χ2v) is 5.53. The summed E-state index contributed by atoms with van der Waals surface area (Å²) >= 11 is 5.34. The molecule has 0 unspecified atom stereocenters. The number of aromatic nitrogens is 1. The molecule has 2 aliphatic carbocycles. The van der Waals surface area contributed by atoms with Gasteiger partial charge in [-0.05, 0) is 55.4 Å².